The summed E-state index contributed by atoms with van der Waals surface area (Å²) in [6.07, 6.45) is 9.08. The topological polar surface area (TPSA) is 129 Å². The number of benzene rings is 3. The Balaban J connectivity index is 0.000000260. The molecule has 1 heterocycles. The third kappa shape index (κ3) is 8.87. The summed E-state index contributed by atoms with van der Waals surface area (Å²) in [6.45, 7) is 8.21. The summed E-state index contributed by atoms with van der Waals surface area (Å²) in [4.78, 5) is 2.15. The van der Waals surface area contributed by atoms with Gasteiger partial charge < -0.3 is 21.6 Å². The zero-order valence-electron chi connectivity index (χ0n) is 23.3. The normalized spacial score (nSPS) is 13.0. The van der Waals surface area contributed by atoms with E-state index in [0.29, 0.717) is 5.84 Å². The highest BCUT2D eigenvalue weighted by Gasteiger charge is 2.16. The van der Waals surface area contributed by atoms with Gasteiger partial charge in [-0.25, -0.2) is 5.84 Å². The number of nitrogens with zero attached hydrogens (tertiary/aromatic N) is 5. The standard InChI is InChI=1S/C19H25N7.C13H12N2/c1-3-4-14-26(17-8-6-5-7-9-17)19(25-22-2)16-12-10-15(11-13-16)18(23-20)24-21;1-2-3-9-12-10-13(15-14-12)11-7-5-4-6-8-11/h3,5-13,22H,1,4,14,20-21H2,2H3,(H,23,24);2-9H,1,10H2/b25-19-;9-3+. The Kier molecular flexibility index (Phi) is 12.3. The van der Waals surface area contributed by atoms with Gasteiger partial charge in [-0.3, -0.25) is 0 Å². The monoisotopic (exact) mass is 547 g/mol. The second kappa shape index (κ2) is 16.6. The van der Waals surface area contributed by atoms with Crippen LogP contribution in [-0.2, 0) is 0 Å². The number of hydrogen-bond acceptors (Lipinski definition) is 7. The first-order chi connectivity index (χ1) is 20.1. The van der Waals surface area contributed by atoms with E-state index in [1.165, 1.54) is 0 Å². The van der Waals surface area contributed by atoms with Gasteiger partial charge in [0, 0.05) is 36.8 Å². The maximum Gasteiger partial charge on any atom is 0.166 e. The zero-order valence-corrected chi connectivity index (χ0v) is 23.3. The molecule has 0 unspecified atom stereocenters. The molecular formula is C32H37N9. The van der Waals surface area contributed by atoms with E-state index >= 15 is 0 Å². The first kappa shape index (κ1) is 30.3. The van der Waals surface area contributed by atoms with E-state index in [0.717, 1.165) is 59.0 Å². The molecule has 210 valence electrons. The van der Waals surface area contributed by atoms with Gasteiger partial charge >= 0.3 is 0 Å². The molecule has 9 nitrogen and oxygen atoms in total. The predicted octanol–water partition coefficient (Wildman–Crippen LogP) is 4.71. The van der Waals surface area contributed by atoms with Crippen LogP contribution in [-0.4, -0.2) is 36.7 Å². The van der Waals surface area contributed by atoms with Gasteiger partial charge in [-0.1, -0.05) is 97.6 Å². The molecule has 41 heavy (non-hydrogen) atoms. The van der Waals surface area contributed by atoms with E-state index in [2.05, 4.69) is 73.6 Å². The van der Waals surface area contributed by atoms with Crippen LogP contribution in [0.1, 0.15) is 29.5 Å². The number of hydrazine groups is 1. The molecule has 9 heteroatoms. The molecule has 0 atom stereocenters. The minimum Gasteiger partial charge on any atom is -0.324 e. The molecule has 0 spiro atoms. The van der Waals surface area contributed by atoms with Crippen molar-refractivity contribution in [2.24, 2.45) is 32.1 Å². The number of anilines is 1. The van der Waals surface area contributed by atoms with Crippen LogP contribution >= 0.6 is 0 Å². The maximum atomic E-state index is 5.43. The van der Waals surface area contributed by atoms with E-state index < -0.39 is 0 Å². The molecule has 0 fully saturated rings. The van der Waals surface area contributed by atoms with Crippen LogP contribution in [0.15, 0.2) is 143 Å². The van der Waals surface area contributed by atoms with Crippen molar-refractivity contribution >= 4 is 28.8 Å². The summed E-state index contributed by atoms with van der Waals surface area (Å²) in [6, 6.07) is 27.9. The number of allylic oxidation sites excluding steroid dienone is 3. The summed E-state index contributed by atoms with van der Waals surface area (Å²) in [7, 11) is 1.78. The van der Waals surface area contributed by atoms with E-state index in [4.69, 9.17) is 11.7 Å². The van der Waals surface area contributed by atoms with E-state index in [9.17, 15) is 0 Å². The number of amidine groups is 2. The lowest BCUT2D eigenvalue weighted by atomic mass is 10.1. The summed E-state index contributed by atoms with van der Waals surface area (Å²) in [5.41, 5.74) is 11.3. The highest BCUT2D eigenvalue weighted by Crippen LogP contribution is 2.19. The van der Waals surface area contributed by atoms with Crippen LogP contribution in [0.5, 0.6) is 0 Å². The highest BCUT2D eigenvalue weighted by molar-refractivity contribution is 6.18. The maximum absolute atomic E-state index is 5.43. The van der Waals surface area contributed by atoms with Crippen molar-refractivity contribution in [2.45, 2.75) is 12.8 Å². The van der Waals surface area contributed by atoms with Crippen LogP contribution in [0.3, 0.4) is 0 Å². The lowest BCUT2D eigenvalue weighted by Crippen LogP contribution is -2.34. The van der Waals surface area contributed by atoms with Crippen LogP contribution < -0.4 is 27.4 Å². The highest BCUT2D eigenvalue weighted by atomic mass is 15.3. The van der Waals surface area contributed by atoms with Gasteiger partial charge in [0.25, 0.3) is 0 Å². The zero-order chi connectivity index (χ0) is 29.3. The molecular weight excluding hydrogens is 510 g/mol. The molecule has 1 aliphatic heterocycles. The largest absolute Gasteiger partial charge is 0.324 e. The van der Waals surface area contributed by atoms with Gasteiger partial charge in [0.1, 0.15) is 0 Å². The molecule has 3 aromatic carbocycles. The van der Waals surface area contributed by atoms with Crippen LogP contribution in [0, 0.1) is 0 Å². The van der Waals surface area contributed by atoms with E-state index in [1.807, 2.05) is 78.9 Å². The van der Waals surface area contributed by atoms with Gasteiger partial charge in [-0.2, -0.15) is 20.4 Å². The molecule has 0 amide bonds. The number of nitrogens with two attached hydrogens (primary N) is 2. The first-order valence-electron chi connectivity index (χ1n) is 13.2. The second-order valence-electron chi connectivity index (χ2n) is 8.70. The Morgan fingerprint density at radius 1 is 0.951 bits per heavy atom. The Morgan fingerprint density at radius 3 is 2.20 bits per heavy atom. The average Bonchev–Trinajstić information content (AvgIpc) is 3.51. The number of hydrazone groups is 2. The molecule has 3 aromatic rings. The molecule has 0 saturated carbocycles. The van der Waals surface area contributed by atoms with Gasteiger partial charge in [0.05, 0.1) is 11.4 Å². The van der Waals surface area contributed by atoms with Crippen LogP contribution in [0.4, 0.5) is 5.69 Å². The third-order valence-corrected chi connectivity index (χ3v) is 5.96. The van der Waals surface area contributed by atoms with E-state index in [1.54, 1.807) is 13.1 Å². The smallest absolute Gasteiger partial charge is 0.166 e. The predicted molar refractivity (Wildman–Crippen MR) is 173 cm³/mol. The molecule has 6 N–H and O–H groups in total. The van der Waals surface area contributed by atoms with Gasteiger partial charge in [-0.15, -0.1) is 6.58 Å². The fourth-order valence-electron chi connectivity index (χ4n) is 3.97. The van der Waals surface area contributed by atoms with Crippen molar-refractivity contribution < 1.29 is 0 Å². The number of rotatable bonds is 10. The Hall–Kier alpha value is -5.28. The molecule has 4 rings (SSSR count). The van der Waals surface area contributed by atoms with Gasteiger partial charge in [-0.05, 0) is 30.2 Å². The molecule has 0 radical (unpaired) electrons. The fraction of sp³-hybridized carbons (Fsp3) is 0.125. The number of nitrogens with one attached hydrogen (secondary N) is 2. The van der Waals surface area contributed by atoms with Crippen molar-refractivity contribution in [1.82, 2.24) is 10.9 Å². The fourth-order valence-corrected chi connectivity index (χ4v) is 3.97. The summed E-state index contributed by atoms with van der Waals surface area (Å²) in [5, 5.41) is 16.4. The van der Waals surface area contributed by atoms with Crippen molar-refractivity contribution in [3.8, 4) is 0 Å². The van der Waals surface area contributed by atoms with Crippen LogP contribution in [0.2, 0.25) is 0 Å². The Morgan fingerprint density at radius 2 is 1.61 bits per heavy atom. The minimum atomic E-state index is 0.412. The van der Waals surface area contributed by atoms with Crippen molar-refractivity contribution in [3.63, 3.8) is 0 Å². The summed E-state index contributed by atoms with van der Waals surface area (Å²) < 4.78 is 0. The second-order valence-corrected chi connectivity index (χ2v) is 8.70. The quantitative estimate of drug-likeness (QED) is 0.0730. The summed E-state index contributed by atoms with van der Waals surface area (Å²) >= 11 is 0. The lowest BCUT2D eigenvalue weighted by molar-refractivity contribution is 0.875. The molecule has 0 bridgehead atoms. The summed E-state index contributed by atoms with van der Waals surface area (Å²) in [5.74, 6) is 12.0. The lowest BCUT2D eigenvalue weighted by Gasteiger charge is -2.26. The van der Waals surface area contributed by atoms with E-state index in [-0.39, 0.29) is 0 Å². The molecule has 0 aliphatic carbocycles. The molecule has 0 aromatic heterocycles. The number of hydrogen-bond donors (Lipinski definition) is 4. The third-order valence-electron chi connectivity index (χ3n) is 5.96. The Labute approximate surface area is 242 Å². The SMILES string of the molecule is C=C/C=C/C1=NN=C(c2ccccc2)C1.C=CCCN(/C(=N\NC)c1ccc(/C(=N/N)NN)cc1)c1ccccc1. The minimum absolute atomic E-state index is 0.412. The van der Waals surface area contributed by atoms with Gasteiger partial charge in [0.15, 0.2) is 11.7 Å². The average molecular weight is 548 g/mol. The number of para-hydroxylation sites is 1. The van der Waals surface area contributed by atoms with Crippen LogP contribution in [0.25, 0.3) is 0 Å². The van der Waals surface area contributed by atoms with Gasteiger partial charge in [0.2, 0.25) is 0 Å². The molecule has 1 aliphatic rings. The molecule has 0 saturated heterocycles. The first-order valence-corrected chi connectivity index (χ1v) is 13.2. The Bertz CT molecular complexity index is 1400. The van der Waals surface area contributed by atoms with Crippen molar-refractivity contribution in [1.29, 1.82) is 0 Å². The van der Waals surface area contributed by atoms with Crippen molar-refractivity contribution in [2.75, 3.05) is 18.5 Å². The van der Waals surface area contributed by atoms with Crippen molar-refractivity contribution in [3.05, 3.63) is 139 Å².